The number of nitrogens with zero attached hydrogens (tertiary/aromatic N) is 2. The van der Waals surface area contributed by atoms with Crippen LogP contribution in [0.25, 0.3) is 6.20 Å². The van der Waals surface area contributed by atoms with Gasteiger partial charge in [0, 0.05) is 29.5 Å². The Morgan fingerprint density at radius 3 is 2.94 bits per heavy atom. The van der Waals surface area contributed by atoms with Crippen LogP contribution in [-0.4, -0.2) is 9.78 Å². The van der Waals surface area contributed by atoms with Crippen molar-refractivity contribution in [3.63, 3.8) is 0 Å². The summed E-state index contributed by atoms with van der Waals surface area (Å²) in [7, 11) is 0. The Bertz CT molecular complexity index is 534. The third-order valence-corrected chi connectivity index (χ3v) is 2.82. The SMILES string of the molecule is C=Cn1cc(CNc2cc(Cl)ccc2Cl)cn1. The third-order valence-electron chi connectivity index (χ3n) is 2.25. The quantitative estimate of drug-likeness (QED) is 0.911. The number of benzene rings is 1. The van der Waals surface area contributed by atoms with Gasteiger partial charge in [0.25, 0.3) is 0 Å². The number of nitrogens with one attached hydrogen (secondary N) is 1. The van der Waals surface area contributed by atoms with E-state index in [2.05, 4.69) is 17.0 Å². The summed E-state index contributed by atoms with van der Waals surface area (Å²) in [5, 5.41) is 8.59. The second kappa shape index (κ2) is 5.25. The van der Waals surface area contributed by atoms with Crippen LogP contribution in [0.4, 0.5) is 5.69 Å². The van der Waals surface area contributed by atoms with Crippen molar-refractivity contribution in [1.82, 2.24) is 9.78 Å². The molecule has 3 nitrogen and oxygen atoms in total. The lowest BCUT2D eigenvalue weighted by atomic mass is 10.3. The van der Waals surface area contributed by atoms with Gasteiger partial charge in [0.1, 0.15) is 0 Å². The Morgan fingerprint density at radius 2 is 2.24 bits per heavy atom. The van der Waals surface area contributed by atoms with Crippen molar-refractivity contribution >= 4 is 35.1 Å². The fourth-order valence-electron chi connectivity index (χ4n) is 1.40. The Balaban J connectivity index is 2.06. The predicted octanol–water partition coefficient (Wildman–Crippen LogP) is 3.90. The summed E-state index contributed by atoms with van der Waals surface area (Å²) in [4.78, 5) is 0. The van der Waals surface area contributed by atoms with Crippen molar-refractivity contribution < 1.29 is 0 Å². The van der Waals surface area contributed by atoms with E-state index in [0.29, 0.717) is 16.6 Å². The van der Waals surface area contributed by atoms with E-state index in [0.717, 1.165) is 11.3 Å². The average Bonchev–Trinajstić information content (AvgIpc) is 2.78. The molecule has 0 aliphatic heterocycles. The summed E-state index contributed by atoms with van der Waals surface area (Å²) in [6.07, 6.45) is 5.29. The molecule has 1 heterocycles. The smallest absolute Gasteiger partial charge is 0.0638 e. The zero-order valence-corrected chi connectivity index (χ0v) is 10.5. The number of aromatic nitrogens is 2. The molecule has 0 fully saturated rings. The molecule has 0 atom stereocenters. The van der Waals surface area contributed by atoms with Gasteiger partial charge < -0.3 is 5.32 Å². The lowest BCUT2D eigenvalue weighted by Gasteiger charge is -2.07. The first-order valence-electron chi connectivity index (χ1n) is 5.03. The van der Waals surface area contributed by atoms with Gasteiger partial charge in [0.05, 0.1) is 16.9 Å². The fraction of sp³-hybridized carbons (Fsp3) is 0.0833. The van der Waals surface area contributed by atoms with Crippen LogP contribution in [0.1, 0.15) is 5.56 Å². The van der Waals surface area contributed by atoms with Gasteiger partial charge in [-0.05, 0) is 18.2 Å². The van der Waals surface area contributed by atoms with Crippen molar-refractivity contribution in [3.8, 4) is 0 Å². The molecular weight excluding hydrogens is 257 g/mol. The summed E-state index contributed by atoms with van der Waals surface area (Å²) in [5.74, 6) is 0. The minimum atomic E-state index is 0.633. The molecule has 0 saturated carbocycles. The highest BCUT2D eigenvalue weighted by atomic mass is 35.5. The standard InChI is InChI=1S/C12H11Cl2N3/c1-2-17-8-9(7-16-17)6-15-12-5-10(13)3-4-11(12)14/h2-5,7-8,15H,1,6H2. The lowest BCUT2D eigenvalue weighted by molar-refractivity contribution is 0.936. The van der Waals surface area contributed by atoms with Crippen molar-refractivity contribution in [2.75, 3.05) is 5.32 Å². The van der Waals surface area contributed by atoms with Gasteiger partial charge in [0.2, 0.25) is 0 Å². The molecule has 88 valence electrons. The molecule has 0 unspecified atom stereocenters. The second-order valence-electron chi connectivity index (χ2n) is 3.49. The molecule has 0 aliphatic carbocycles. The normalized spacial score (nSPS) is 10.2. The van der Waals surface area contributed by atoms with E-state index in [1.54, 1.807) is 35.3 Å². The number of rotatable bonds is 4. The van der Waals surface area contributed by atoms with Crippen LogP contribution in [0.15, 0.2) is 37.2 Å². The molecule has 0 spiro atoms. The summed E-state index contributed by atoms with van der Waals surface area (Å²) in [6.45, 7) is 4.26. The van der Waals surface area contributed by atoms with Gasteiger partial charge in [-0.1, -0.05) is 29.8 Å². The van der Waals surface area contributed by atoms with Gasteiger partial charge in [-0.15, -0.1) is 0 Å². The maximum Gasteiger partial charge on any atom is 0.0638 e. The van der Waals surface area contributed by atoms with Crippen LogP contribution in [0.3, 0.4) is 0 Å². The van der Waals surface area contributed by atoms with Crippen LogP contribution < -0.4 is 5.32 Å². The van der Waals surface area contributed by atoms with E-state index in [-0.39, 0.29) is 0 Å². The first-order chi connectivity index (χ1) is 8.19. The molecular formula is C12H11Cl2N3. The van der Waals surface area contributed by atoms with E-state index in [1.807, 2.05) is 6.20 Å². The highest BCUT2D eigenvalue weighted by Gasteiger charge is 2.02. The van der Waals surface area contributed by atoms with Crippen LogP contribution in [0, 0.1) is 0 Å². The number of halogens is 2. The highest BCUT2D eigenvalue weighted by molar-refractivity contribution is 6.35. The second-order valence-corrected chi connectivity index (χ2v) is 4.33. The van der Waals surface area contributed by atoms with E-state index in [9.17, 15) is 0 Å². The maximum atomic E-state index is 6.04. The largest absolute Gasteiger partial charge is 0.380 e. The average molecular weight is 268 g/mol. The number of hydrogen-bond donors (Lipinski definition) is 1. The highest BCUT2D eigenvalue weighted by Crippen LogP contribution is 2.25. The molecule has 1 N–H and O–H groups in total. The van der Waals surface area contributed by atoms with Gasteiger partial charge in [-0.3, -0.25) is 0 Å². The maximum absolute atomic E-state index is 6.04. The van der Waals surface area contributed by atoms with Gasteiger partial charge >= 0.3 is 0 Å². The molecule has 0 saturated heterocycles. The van der Waals surface area contributed by atoms with Crippen LogP contribution in [0.5, 0.6) is 0 Å². The molecule has 1 aromatic carbocycles. The summed E-state index contributed by atoms with van der Waals surface area (Å²) < 4.78 is 1.65. The Labute approximate surface area is 110 Å². The first kappa shape index (κ1) is 12.0. The molecule has 0 amide bonds. The minimum Gasteiger partial charge on any atom is -0.380 e. The van der Waals surface area contributed by atoms with Crippen LogP contribution >= 0.6 is 23.2 Å². The summed E-state index contributed by atoms with van der Waals surface area (Å²) in [6, 6.07) is 5.31. The van der Waals surface area contributed by atoms with Crippen molar-refractivity contribution in [3.05, 3.63) is 52.8 Å². The molecule has 1 aromatic heterocycles. The van der Waals surface area contributed by atoms with Crippen LogP contribution in [0.2, 0.25) is 10.0 Å². The fourth-order valence-corrected chi connectivity index (χ4v) is 1.76. The zero-order chi connectivity index (χ0) is 12.3. The van der Waals surface area contributed by atoms with Crippen LogP contribution in [-0.2, 0) is 6.54 Å². The summed E-state index contributed by atoms with van der Waals surface area (Å²) >= 11 is 11.9. The van der Waals surface area contributed by atoms with Gasteiger partial charge in [0.15, 0.2) is 0 Å². The van der Waals surface area contributed by atoms with E-state index in [4.69, 9.17) is 23.2 Å². The molecule has 2 aromatic rings. The molecule has 0 radical (unpaired) electrons. The van der Waals surface area contributed by atoms with Crippen molar-refractivity contribution in [2.24, 2.45) is 0 Å². The van der Waals surface area contributed by atoms with Crippen molar-refractivity contribution in [1.29, 1.82) is 0 Å². The Morgan fingerprint density at radius 1 is 1.41 bits per heavy atom. The Hall–Kier alpha value is -1.45. The zero-order valence-electron chi connectivity index (χ0n) is 9.03. The monoisotopic (exact) mass is 267 g/mol. The molecule has 17 heavy (non-hydrogen) atoms. The van der Waals surface area contributed by atoms with Gasteiger partial charge in [-0.2, -0.15) is 5.10 Å². The molecule has 0 bridgehead atoms. The molecule has 5 heteroatoms. The van der Waals surface area contributed by atoms with Crippen molar-refractivity contribution in [2.45, 2.75) is 6.54 Å². The lowest BCUT2D eigenvalue weighted by Crippen LogP contribution is -1.98. The van der Waals surface area contributed by atoms with Gasteiger partial charge in [-0.25, -0.2) is 4.68 Å². The Kier molecular flexibility index (Phi) is 3.71. The van der Waals surface area contributed by atoms with E-state index >= 15 is 0 Å². The summed E-state index contributed by atoms with van der Waals surface area (Å²) in [5.41, 5.74) is 1.85. The van der Waals surface area contributed by atoms with E-state index in [1.165, 1.54) is 0 Å². The number of hydrogen-bond acceptors (Lipinski definition) is 2. The minimum absolute atomic E-state index is 0.633. The predicted molar refractivity (Wildman–Crippen MR) is 72.4 cm³/mol. The third kappa shape index (κ3) is 3.02. The van der Waals surface area contributed by atoms with E-state index < -0.39 is 0 Å². The molecule has 2 rings (SSSR count). The number of anilines is 1. The first-order valence-corrected chi connectivity index (χ1v) is 5.79. The molecule has 0 aliphatic rings. The topological polar surface area (TPSA) is 29.9 Å².